The van der Waals surface area contributed by atoms with Gasteiger partial charge in [0.05, 0.1) is 17.0 Å². The fourth-order valence-electron chi connectivity index (χ4n) is 4.69. The van der Waals surface area contributed by atoms with E-state index < -0.39 is 0 Å². The third kappa shape index (κ3) is 13.0. The van der Waals surface area contributed by atoms with Gasteiger partial charge in [-0.05, 0) is 61.0 Å². The molecule has 8 heteroatoms. The zero-order chi connectivity index (χ0) is 31.2. The molecular weight excluding hydrogens is 568 g/mol. The molecule has 0 spiro atoms. The Morgan fingerprint density at radius 3 is 2.36 bits per heavy atom. The molecule has 0 fully saturated rings. The van der Waals surface area contributed by atoms with E-state index in [1.54, 1.807) is 19.3 Å². The smallest absolute Gasteiger partial charge is 0.252 e. The summed E-state index contributed by atoms with van der Waals surface area (Å²) in [4.78, 5) is 18.5. The van der Waals surface area contributed by atoms with Gasteiger partial charge in [0, 0.05) is 42.3 Å². The summed E-state index contributed by atoms with van der Waals surface area (Å²) in [6.07, 6.45) is 18.3. The minimum Gasteiger partial charge on any atom is -0.362 e. The highest BCUT2D eigenvalue weighted by Gasteiger charge is 2.13. The van der Waals surface area contributed by atoms with Crippen molar-refractivity contribution in [2.45, 2.75) is 80.9 Å². The number of benzene rings is 2. The molecule has 238 valence electrons. The Morgan fingerprint density at radius 2 is 1.64 bits per heavy atom. The van der Waals surface area contributed by atoms with Gasteiger partial charge in [-0.2, -0.15) is 0 Å². The van der Waals surface area contributed by atoms with Crippen LogP contribution in [-0.2, 0) is 9.47 Å². The molecule has 3 aromatic rings. The summed E-state index contributed by atoms with van der Waals surface area (Å²) in [5.41, 5.74) is 3.24. The number of hydrogen-bond donors (Lipinski definition) is 3. The molecule has 0 bridgehead atoms. The fourth-order valence-corrected chi connectivity index (χ4v) is 5.67. The van der Waals surface area contributed by atoms with Gasteiger partial charge in [0.15, 0.2) is 0 Å². The van der Waals surface area contributed by atoms with Crippen molar-refractivity contribution < 1.29 is 15.7 Å². The molecule has 1 aromatic heterocycles. The number of pyridine rings is 1. The first kappa shape index (κ1) is 35.0. The monoisotopic (exact) mass is 618 g/mol. The third-order valence-corrected chi connectivity index (χ3v) is 8.22. The first-order chi connectivity index (χ1) is 21.6. The average molecular weight is 619 g/mol. The van der Waals surface area contributed by atoms with Crippen LogP contribution < -0.4 is 10.6 Å². The second kappa shape index (κ2) is 21.3. The number of ether oxygens (including phenoxy) is 2. The number of hydrogen-bond acceptors (Lipinski definition) is 7. The molecule has 7 nitrogen and oxygen atoms in total. The van der Waals surface area contributed by atoms with Crippen molar-refractivity contribution in [3.8, 4) is 0 Å². The maximum absolute atomic E-state index is 12.4. The van der Waals surface area contributed by atoms with Gasteiger partial charge in [-0.15, -0.1) is 0 Å². The Labute approximate surface area is 269 Å². The Balaban J connectivity index is 0.00000705. The van der Waals surface area contributed by atoms with Crippen molar-refractivity contribution in [1.82, 2.24) is 10.3 Å². The highest BCUT2D eigenvalue weighted by molar-refractivity contribution is 7.99. The molecule has 2 aromatic carbocycles. The number of carbonyl (C=O) groups excluding carboxylic acids is 1. The van der Waals surface area contributed by atoms with Crippen LogP contribution in [0.25, 0.3) is 6.08 Å². The van der Waals surface area contributed by atoms with Gasteiger partial charge in [-0.1, -0.05) is 94.7 Å². The van der Waals surface area contributed by atoms with Crippen molar-refractivity contribution in [2.75, 3.05) is 32.5 Å². The van der Waals surface area contributed by atoms with Gasteiger partial charge in [0.25, 0.3) is 5.91 Å². The number of aromatic nitrogens is 1. The van der Waals surface area contributed by atoms with Gasteiger partial charge < -0.3 is 25.5 Å². The molecular formula is C36H50N4O3S. The zero-order valence-electron chi connectivity index (χ0n) is 26.3. The molecule has 1 heterocycles. The highest BCUT2D eigenvalue weighted by atomic mass is 32.2. The minimum atomic E-state index is -0.129. The summed E-state index contributed by atoms with van der Waals surface area (Å²) >= 11 is 1.50. The van der Waals surface area contributed by atoms with E-state index in [4.69, 9.17) is 14.9 Å². The second-order valence-corrected chi connectivity index (χ2v) is 11.7. The SMILES string of the molecule is CCCCCCCCCCCCOCOCNc1cc(Sc2ccccc2C(=O)NC)ccc1C(=N)/C=C/c1ccccn1.[HH]. The minimum absolute atomic E-state index is 0. The molecule has 0 aliphatic heterocycles. The summed E-state index contributed by atoms with van der Waals surface area (Å²) in [5, 5.41) is 14.8. The van der Waals surface area contributed by atoms with Crippen LogP contribution in [0.4, 0.5) is 5.69 Å². The summed E-state index contributed by atoms with van der Waals surface area (Å²) in [5.74, 6) is -0.129. The largest absolute Gasteiger partial charge is 0.362 e. The predicted molar refractivity (Wildman–Crippen MR) is 185 cm³/mol. The lowest BCUT2D eigenvalue weighted by atomic mass is 10.1. The predicted octanol–water partition coefficient (Wildman–Crippen LogP) is 9.20. The maximum Gasteiger partial charge on any atom is 0.252 e. The van der Waals surface area contributed by atoms with Gasteiger partial charge >= 0.3 is 0 Å². The van der Waals surface area contributed by atoms with Crippen LogP contribution >= 0.6 is 11.8 Å². The molecule has 44 heavy (non-hydrogen) atoms. The van der Waals surface area contributed by atoms with E-state index in [-0.39, 0.29) is 20.9 Å². The van der Waals surface area contributed by atoms with Crippen molar-refractivity contribution in [3.05, 3.63) is 89.8 Å². The normalized spacial score (nSPS) is 11.1. The molecule has 0 aliphatic carbocycles. The number of nitrogens with one attached hydrogen (secondary N) is 3. The van der Waals surface area contributed by atoms with Crippen LogP contribution in [-0.4, -0.2) is 43.8 Å². The first-order valence-electron chi connectivity index (χ1n) is 15.8. The zero-order valence-corrected chi connectivity index (χ0v) is 27.1. The quantitative estimate of drug-likeness (QED) is 0.0590. The summed E-state index contributed by atoms with van der Waals surface area (Å²) in [6.45, 7) is 3.41. The van der Waals surface area contributed by atoms with Gasteiger partial charge in [-0.25, -0.2) is 0 Å². The lowest BCUT2D eigenvalue weighted by Crippen LogP contribution is -2.18. The molecule has 0 saturated heterocycles. The lowest BCUT2D eigenvalue weighted by Gasteiger charge is -2.15. The molecule has 0 radical (unpaired) electrons. The summed E-state index contributed by atoms with van der Waals surface area (Å²) in [7, 11) is 1.63. The van der Waals surface area contributed by atoms with Crippen LogP contribution in [0.2, 0.25) is 0 Å². The molecule has 3 rings (SSSR count). The first-order valence-corrected chi connectivity index (χ1v) is 16.6. The van der Waals surface area contributed by atoms with Crippen LogP contribution in [0.15, 0.2) is 82.7 Å². The summed E-state index contributed by atoms with van der Waals surface area (Å²) < 4.78 is 11.4. The van der Waals surface area contributed by atoms with E-state index in [0.717, 1.165) is 33.2 Å². The van der Waals surface area contributed by atoms with Gasteiger partial charge in [-0.3, -0.25) is 9.78 Å². The number of allylic oxidation sites excluding steroid dienone is 1. The van der Waals surface area contributed by atoms with Crippen LogP contribution in [0.3, 0.4) is 0 Å². The molecule has 3 N–H and O–H groups in total. The number of carbonyl (C=O) groups is 1. The Bertz CT molecular complexity index is 1310. The van der Waals surface area contributed by atoms with Crippen LogP contribution in [0, 0.1) is 5.41 Å². The maximum atomic E-state index is 12.4. The van der Waals surface area contributed by atoms with Gasteiger partial charge in [0.1, 0.15) is 13.5 Å². The van der Waals surface area contributed by atoms with Crippen molar-refractivity contribution in [1.29, 1.82) is 5.41 Å². The number of anilines is 1. The Hall–Kier alpha value is -3.46. The van der Waals surface area contributed by atoms with E-state index in [0.29, 0.717) is 17.9 Å². The van der Waals surface area contributed by atoms with Gasteiger partial charge in [0.2, 0.25) is 0 Å². The third-order valence-electron chi connectivity index (χ3n) is 7.15. The standard InChI is InChI=1S/C36H48N4O3S.H2/c1-3-4-5-6-7-8-9-10-11-16-25-42-28-43-27-40-34-26-30(44-35-19-13-12-18-32(35)36(41)38-2)21-22-31(34)33(37)23-20-29-17-14-15-24-39-29;/h12-15,17-24,26,37,40H,3-11,16,25,27-28H2,1-2H3,(H,38,41);1H/b23-20+,37-33?;. The second-order valence-electron chi connectivity index (χ2n) is 10.6. The summed E-state index contributed by atoms with van der Waals surface area (Å²) in [6, 6.07) is 19.1. The van der Waals surface area contributed by atoms with Crippen molar-refractivity contribution in [2.24, 2.45) is 0 Å². The fraction of sp³-hybridized carbons (Fsp3) is 0.417. The van der Waals surface area contributed by atoms with E-state index in [1.807, 2.05) is 66.7 Å². The molecule has 0 aliphatic rings. The van der Waals surface area contributed by atoms with Crippen LogP contribution in [0.5, 0.6) is 0 Å². The topological polar surface area (TPSA) is 96.3 Å². The number of unbranched alkanes of at least 4 members (excludes halogenated alkanes) is 9. The number of amides is 1. The van der Waals surface area contributed by atoms with E-state index in [1.165, 1.54) is 69.5 Å². The number of rotatable bonds is 22. The molecule has 0 atom stereocenters. The average Bonchev–Trinajstić information content (AvgIpc) is 3.06. The van der Waals surface area contributed by atoms with E-state index >= 15 is 0 Å². The Kier molecular flexibility index (Phi) is 16.9. The molecule has 0 saturated carbocycles. The lowest BCUT2D eigenvalue weighted by molar-refractivity contribution is -0.0484. The van der Waals surface area contributed by atoms with Crippen molar-refractivity contribution in [3.63, 3.8) is 0 Å². The Morgan fingerprint density at radius 1 is 0.909 bits per heavy atom. The van der Waals surface area contributed by atoms with E-state index in [9.17, 15) is 4.79 Å². The van der Waals surface area contributed by atoms with Crippen molar-refractivity contribution >= 4 is 35.1 Å². The molecule has 1 amide bonds. The number of nitrogens with zero attached hydrogens (tertiary/aromatic N) is 1. The molecule has 0 unspecified atom stereocenters. The van der Waals surface area contributed by atoms with Crippen LogP contribution in [0.1, 0.15) is 94.2 Å². The van der Waals surface area contributed by atoms with E-state index in [2.05, 4.69) is 22.5 Å². The highest BCUT2D eigenvalue weighted by Crippen LogP contribution is 2.33.